The van der Waals surface area contributed by atoms with Crippen LogP contribution in [0.5, 0.6) is 5.75 Å². The van der Waals surface area contributed by atoms with Crippen LogP contribution < -0.4 is 15.4 Å². The normalized spacial score (nSPS) is 16.8. The number of rotatable bonds is 6. The first-order valence-corrected chi connectivity index (χ1v) is 12.0. The van der Waals surface area contributed by atoms with E-state index in [9.17, 15) is 4.79 Å². The van der Waals surface area contributed by atoms with Gasteiger partial charge in [-0.2, -0.15) is 0 Å². The molecule has 6 nitrogen and oxygen atoms in total. The SMILES string of the molecule is CN=C(NCC(=O)N1CCc2sccc2C1)NCc1ccc(C)cc1OC1CCCC1. The van der Waals surface area contributed by atoms with Crippen molar-refractivity contribution in [3.05, 3.63) is 51.2 Å². The number of aryl methyl sites for hydroxylation is 1. The highest BCUT2D eigenvalue weighted by Gasteiger charge is 2.21. The predicted octanol–water partition coefficient (Wildman–Crippen LogP) is 3.63. The Morgan fingerprint density at radius 2 is 2.10 bits per heavy atom. The third kappa shape index (κ3) is 5.58. The Balaban J connectivity index is 1.29. The second kappa shape index (κ2) is 10.2. The second-order valence-electron chi connectivity index (χ2n) is 8.35. The molecule has 31 heavy (non-hydrogen) atoms. The van der Waals surface area contributed by atoms with Gasteiger partial charge in [-0.25, -0.2) is 0 Å². The van der Waals surface area contributed by atoms with Gasteiger partial charge in [0.15, 0.2) is 5.96 Å². The predicted molar refractivity (Wildman–Crippen MR) is 126 cm³/mol. The molecule has 1 fully saturated rings. The zero-order valence-electron chi connectivity index (χ0n) is 18.4. The summed E-state index contributed by atoms with van der Waals surface area (Å²) < 4.78 is 6.29. The van der Waals surface area contributed by atoms with Crippen LogP contribution in [0.3, 0.4) is 0 Å². The Kier molecular flexibility index (Phi) is 7.12. The summed E-state index contributed by atoms with van der Waals surface area (Å²) in [5.41, 5.74) is 3.58. The van der Waals surface area contributed by atoms with E-state index >= 15 is 0 Å². The molecule has 0 unspecified atom stereocenters. The van der Waals surface area contributed by atoms with Gasteiger partial charge in [-0.05, 0) is 67.7 Å². The molecule has 1 aromatic heterocycles. The molecule has 0 radical (unpaired) electrons. The lowest BCUT2D eigenvalue weighted by Gasteiger charge is -2.27. The van der Waals surface area contributed by atoms with Crippen molar-refractivity contribution < 1.29 is 9.53 Å². The minimum Gasteiger partial charge on any atom is -0.490 e. The summed E-state index contributed by atoms with van der Waals surface area (Å²) in [4.78, 5) is 20.3. The number of fused-ring (bicyclic) bond motifs is 1. The van der Waals surface area contributed by atoms with Crippen LogP contribution in [0.1, 0.15) is 47.3 Å². The van der Waals surface area contributed by atoms with E-state index in [0.717, 1.165) is 37.1 Å². The van der Waals surface area contributed by atoms with Crippen molar-refractivity contribution in [2.24, 2.45) is 4.99 Å². The summed E-state index contributed by atoms with van der Waals surface area (Å²) in [5.74, 6) is 1.67. The number of nitrogens with zero attached hydrogens (tertiary/aromatic N) is 2. The number of amides is 1. The van der Waals surface area contributed by atoms with Gasteiger partial charge in [0, 0.05) is 37.1 Å². The molecule has 1 aliphatic carbocycles. The van der Waals surface area contributed by atoms with Crippen LogP contribution in [0.25, 0.3) is 0 Å². The first-order valence-electron chi connectivity index (χ1n) is 11.2. The van der Waals surface area contributed by atoms with Gasteiger partial charge in [0.1, 0.15) is 5.75 Å². The molecule has 2 aliphatic rings. The van der Waals surface area contributed by atoms with E-state index in [2.05, 4.69) is 52.2 Å². The molecule has 2 aromatic rings. The summed E-state index contributed by atoms with van der Waals surface area (Å²) >= 11 is 1.78. The van der Waals surface area contributed by atoms with Crippen LogP contribution in [0.15, 0.2) is 34.6 Å². The average Bonchev–Trinajstić information content (AvgIpc) is 3.46. The number of hydrogen-bond acceptors (Lipinski definition) is 4. The number of thiophene rings is 1. The molecule has 0 atom stereocenters. The van der Waals surface area contributed by atoms with Gasteiger partial charge in [-0.1, -0.05) is 12.1 Å². The van der Waals surface area contributed by atoms with E-state index in [0.29, 0.717) is 25.2 Å². The van der Waals surface area contributed by atoms with Crippen molar-refractivity contribution in [2.75, 3.05) is 20.1 Å². The first kappa shape index (κ1) is 21.7. The summed E-state index contributed by atoms with van der Waals surface area (Å²) in [5, 5.41) is 8.61. The monoisotopic (exact) mass is 440 g/mol. The largest absolute Gasteiger partial charge is 0.490 e. The minimum atomic E-state index is 0.0976. The maximum absolute atomic E-state index is 12.7. The number of hydrogen-bond donors (Lipinski definition) is 2. The highest BCUT2D eigenvalue weighted by atomic mass is 32.1. The molecule has 2 heterocycles. The fraction of sp³-hybridized carbons (Fsp3) is 0.500. The van der Waals surface area contributed by atoms with Gasteiger partial charge in [0.05, 0.1) is 12.6 Å². The highest BCUT2D eigenvalue weighted by molar-refractivity contribution is 7.10. The lowest BCUT2D eigenvalue weighted by Crippen LogP contribution is -2.45. The number of aliphatic imine (C=N–C) groups is 1. The van der Waals surface area contributed by atoms with Crippen molar-refractivity contribution in [1.82, 2.24) is 15.5 Å². The second-order valence-corrected chi connectivity index (χ2v) is 9.35. The third-order valence-corrected chi connectivity index (χ3v) is 7.08. The van der Waals surface area contributed by atoms with Crippen LogP contribution in [-0.2, 0) is 24.3 Å². The lowest BCUT2D eigenvalue weighted by molar-refractivity contribution is -0.130. The van der Waals surface area contributed by atoms with Gasteiger partial charge >= 0.3 is 0 Å². The Hall–Kier alpha value is -2.54. The van der Waals surface area contributed by atoms with Crippen molar-refractivity contribution in [3.63, 3.8) is 0 Å². The molecule has 166 valence electrons. The Labute approximate surface area is 188 Å². The molecular formula is C24H32N4O2S. The van der Waals surface area contributed by atoms with Crippen LogP contribution >= 0.6 is 11.3 Å². The summed E-state index contributed by atoms with van der Waals surface area (Å²) in [6.45, 7) is 4.41. The van der Waals surface area contributed by atoms with Crippen molar-refractivity contribution in [1.29, 1.82) is 0 Å². The zero-order valence-corrected chi connectivity index (χ0v) is 19.3. The Morgan fingerprint density at radius 3 is 2.90 bits per heavy atom. The van der Waals surface area contributed by atoms with Gasteiger partial charge in [-0.3, -0.25) is 9.79 Å². The van der Waals surface area contributed by atoms with Gasteiger partial charge in [-0.15, -0.1) is 11.3 Å². The summed E-state index contributed by atoms with van der Waals surface area (Å²) in [6, 6.07) is 8.45. The van der Waals surface area contributed by atoms with Crippen molar-refractivity contribution in [3.8, 4) is 5.75 Å². The molecule has 2 N–H and O–H groups in total. The standard InChI is InChI=1S/C24H32N4O2S/c1-17-7-8-18(21(13-17)30-20-5-3-4-6-20)14-26-24(25-2)27-15-23(29)28-11-9-22-19(16-28)10-12-31-22/h7-8,10,12-13,20H,3-6,9,11,14-16H2,1-2H3,(H2,25,26,27). The number of carbonyl (C=O) groups is 1. The lowest BCUT2D eigenvalue weighted by atomic mass is 10.1. The van der Waals surface area contributed by atoms with E-state index < -0.39 is 0 Å². The maximum Gasteiger partial charge on any atom is 0.242 e. The molecule has 1 aromatic carbocycles. The molecule has 1 aliphatic heterocycles. The molecule has 7 heteroatoms. The van der Waals surface area contributed by atoms with Gasteiger partial charge in [0.25, 0.3) is 0 Å². The summed E-state index contributed by atoms with van der Waals surface area (Å²) in [7, 11) is 1.73. The van der Waals surface area contributed by atoms with Crippen LogP contribution in [0.4, 0.5) is 0 Å². The van der Waals surface area contributed by atoms with E-state index in [1.165, 1.54) is 28.8 Å². The summed E-state index contributed by atoms with van der Waals surface area (Å²) in [6.07, 6.45) is 6.04. The molecule has 4 rings (SSSR count). The van der Waals surface area contributed by atoms with Crippen LogP contribution in [-0.4, -0.2) is 43.0 Å². The topological polar surface area (TPSA) is 66.0 Å². The van der Waals surface area contributed by atoms with E-state index in [-0.39, 0.29) is 12.5 Å². The Morgan fingerprint density at radius 1 is 1.26 bits per heavy atom. The molecule has 0 bridgehead atoms. The quantitative estimate of drug-likeness (QED) is 0.532. The fourth-order valence-corrected chi connectivity index (χ4v) is 5.13. The van der Waals surface area contributed by atoms with Gasteiger partial charge < -0.3 is 20.3 Å². The Bertz CT molecular complexity index is 933. The number of ether oxygens (including phenoxy) is 1. The minimum absolute atomic E-state index is 0.0976. The van der Waals surface area contributed by atoms with E-state index in [1.807, 2.05) is 4.90 Å². The number of benzene rings is 1. The molecule has 1 amide bonds. The molecule has 0 spiro atoms. The van der Waals surface area contributed by atoms with E-state index in [1.54, 1.807) is 18.4 Å². The van der Waals surface area contributed by atoms with Crippen molar-refractivity contribution in [2.45, 2.75) is 58.2 Å². The molecular weight excluding hydrogens is 408 g/mol. The number of carbonyl (C=O) groups excluding carboxylic acids is 1. The van der Waals surface area contributed by atoms with Gasteiger partial charge in [0.2, 0.25) is 5.91 Å². The fourth-order valence-electron chi connectivity index (χ4n) is 4.24. The van der Waals surface area contributed by atoms with Crippen molar-refractivity contribution >= 4 is 23.2 Å². The molecule has 0 saturated heterocycles. The number of guanidine groups is 1. The smallest absolute Gasteiger partial charge is 0.242 e. The average molecular weight is 441 g/mol. The highest BCUT2D eigenvalue weighted by Crippen LogP contribution is 2.28. The first-order chi connectivity index (χ1) is 15.1. The zero-order chi connectivity index (χ0) is 21.6. The number of nitrogens with one attached hydrogen (secondary N) is 2. The van der Waals surface area contributed by atoms with E-state index in [4.69, 9.17) is 4.74 Å². The third-order valence-electron chi connectivity index (χ3n) is 6.06. The van der Waals surface area contributed by atoms with Crippen LogP contribution in [0, 0.1) is 6.92 Å². The van der Waals surface area contributed by atoms with Crippen LogP contribution in [0.2, 0.25) is 0 Å². The maximum atomic E-state index is 12.7. The molecule has 1 saturated carbocycles.